The fourth-order valence-electron chi connectivity index (χ4n) is 3.33. The minimum absolute atomic E-state index is 0.0860. The Balaban J connectivity index is 2.12. The van der Waals surface area contributed by atoms with Gasteiger partial charge in [0.25, 0.3) is 0 Å². The summed E-state index contributed by atoms with van der Waals surface area (Å²) in [6.45, 7) is 12.0. The Morgan fingerprint density at radius 3 is 2.48 bits per heavy atom. The number of hydrogen-bond acceptors (Lipinski definition) is 5. The van der Waals surface area contributed by atoms with Crippen LogP contribution in [0.1, 0.15) is 63.8 Å². The lowest BCUT2D eigenvalue weighted by molar-refractivity contribution is -0.135. The number of aryl methyl sites for hydroxylation is 1. The van der Waals surface area contributed by atoms with Crippen molar-refractivity contribution in [3.05, 3.63) is 39.2 Å². The zero-order valence-corrected chi connectivity index (χ0v) is 19.8. The third-order valence-corrected chi connectivity index (χ3v) is 6.64. The van der Waals surface area contributed by atoms with Gasteiger partial charge in [0.05, 0.1) is 10.5 Å². The molecule has 2 heterocycles. The number of carbonyl (C=O) groups is 1. The van der Waals surface area contributed by atoms with Gasteiger partial charge in [-0.2, -0.15) is 13.2 Å². The Labute approximate surface area is 186 Å². The Morgan fingerprint density at radius 1 is 1.26 bits per heavy atom. The summed E-state index contributed by atoms with van der Waals surface area (Å²) < 4.78 is 42.7. The first-order valence-electron chi connectivity index (χ1n) is 10.4. The van der Waals surface area contributed by atoms with Crippen LogP contribution in [0.3, 0.4) is 0 Å². The van der Waals surface area contributed by atoms with Crippen molar-refractivity contribution >= 4 is 17.2 Å². The Kier molecular flexibility index (Phi) is 7.97. The van der Waals surface area contributed by atoms with E-state index < -0.39 is 18.1 Å². The molecule has 2 rings (SSSR count). The second kappa shape index (κ2) is 9.73. The molecule has 31 heavy (non-hydrogen) atoms. The maximum atomic E-state index is 12.8. The van der Waals surface area contributed by atoms with Crippen molar-refractivity contribution in [1.29, 1.82) is 0 Å². The summed E-state index contributed by atoms with van der Waals surface area (Å²) in [5.41, 5.74) is 0.881. The van der Waals surface area contributed by atoms with Crippen molar-refractivity contribution in [3.8, 4) is 0 Å². The first-order chi connectivity index (χ1) is 14.3. The summed E-state index contributed by atoms with van der Waals surface area (Å²) in [6.07, 6.45) is -0.607. The number of rotatable bonds is 9. The molecule has 1 aliphatic heterocycles. The fraction of sp³-hybridized carbons (Fsp3) is 0.636. The summed E-state index contributed by atoms with van der Waals surface area (Å²) in [5, 5.41) is 6.68. The van der Waals surface area contributed by atoms with Crippen LogP contribution in [0.5, 0.6) is 0 Å². The number of nitrogens with one attached hydrogen (secondary N) is 2. The van der Waals surface area contributed by atoms with E-state index in [1.807, 2.05) is 19.2 Å². The third kappa shape index (κ3) is 6.80. The average molecular weight is 460 g/mol. The minimum Gasteiger partial charge on any atom is -0.474 e. The molecular weight excluding hydrogens is 427 g/mol. The Bertz CT molecular complexity index is 854. The molecule has 0 fully saturated rings. The lowest BCUT2D eigenvalue weighted by Gasteiger charge is -2.32. The van der Waals surface area contributed by atoms with E-state index in [0.29, 0.717) is 12.5 Å². The highest BCUT2D eigenvalue weighted by molar-refractivity contribution is 7.11. The van der Waals surface area contributed by atoms with Gasteiger partial charge in [-0.25, -0.2) is 4.98 Å². The number of aromatic nitrogens is 1. The molecule has 1 amide bonds. The molecule has 0 aliphatic carbocycles. The van der Waals surface area contributed by atoms with Crippen LogP contribution in [0.2, 0.25) is 0 Å². The standard InChI is InChI=1S/C22H32F3N3O2S/c1-7-15-13-30-18(11-16(15)20(3,4)17-12-26-14(2)31-17)28-19(29)21(5,6)27-10-8-9-22(23,24)25/h11-12,27H,7-10,13H2,1-6H3,(H,28,29). The van der Waals surface area contributed by atoms with Crippen LogP contribution >= 0.6 is 11.3 Å². The largest absolute Gasteiger partial charge is 0.474 e. The second-order valence-corrected chi connectivity index (χ2v) is 10.00. The molecule has 1 aromatic rings. The maximum Gasteiger partial charge on any atom is 0.389 e. The van der Waals surface area contributed by atoms with Gasteiger partial charge >= 0.3 is 6.18 Å². The van der Waals surface area contributed by atoms with Gasteiger partial charge in [-0.1, -0.05) is 20.8 Å². The van der Waals surface area contributed by atoms with Gasteiger partial charge in [0.1, 0.15) is 6.61 Å². The highest BCUT2D eigenvalue weighted by Crippen LogP contribution is 2.39. The number of hydrogen-bond donors (Lipinski definition) is 2. The van der Waals surface area contributed by atoms with Crippen molar-refractivity contribution in [1.82, 2.24) is 15.6 Å². The van der Waals surface area contributed by atoms with Crippen LogP contribution in [-0.4, -0.2) is 35.8 Å². The van der Waals surface area contributed by atoms with E-state index in [9.17, 15) is 18.0 Å². The van der Waals surface area contributed by atoms with Crippen LogP contribution in [-0.2, 0) is 14.9 Å². The molecule has 0 unspecified atom stereocenters. The molecule has 2 N–H and O–H groups in total. The summed E-state index contributed by atoms with van der Waals surface area (Å²) >= 11 is 1.64. The molecule has 5 nitrogen and oxygen atoms in total. The number of amides is 1. The minimum atomic E-state index is -4.20. The highest BCUT2D eigenvalue weighted by Gasteiger charge is 2.34. The van der Waals surface area contributed by atoms with E-state index in [-0.39, 0.29) is 24.3 Å². The summed E-state index contributed by atoms with van der Waals surface area (Å²) in [7, 11) is 0. The topological polar surface area (TPSA) is 63.2 Å². The molecule has 0 bridgehead atoms. The number of halogens is 3. The molecule has 174 valence electrons. The van der Waals surface area contributed by atoms with E-state index in [0.717, 1.165) is 27.5 Å². The van der Waals surface area contributed by atoms with E-state index >= 15 is 0 Å². The van der Waals surface area contributed by atoms with Gasteiger partial charge in [0.15, 0.2) is 5.88 Å². The number of alkyl halides is 3. The van der Waals surface area contributed by atoms with Crippen LogP contribution in [0.25, 0.3) is 0 Å². The molecule has 9 heteroatoms. The molecule has 0 aromatic carbocycles. The molecule has 0 atom stereocenters. The first kappa shape index (κ1) is 25.4. The van der Waals surface area contributed by atoms with Gasteiger partial charge in [0, 0.05) is 29.0 Å². The summed E-state index contributed by atoms with van der Waals surface area (Å²) in [6, 6.07) is 0. The van der Waals surface area contributed by atoms with Crippen molar-refractivity contribution in [2.24, 2.45) is 0 Å². The quantitative estimate of drug-likeness (QED) is 0.503. The van der Waals surface area contributed by atoms with Crippen molar-refractivity contribution < 1.29 is 22.7 Å². The van der Waals surface area contributed by atoms with Crippen molar-refractivity contribution in [2.45, 2.75) is 77.9 Å². The van der Waals surface area contributed by atoms with E-state index in [1.54, 1.807) is 25.2 Å². The summed E-state index contributed by atoms with van der Waals surface area (Å²) in [4.78, 5) is 18.3. The van der Waals surface area contributed by atoms with E-state index in [4.69, 9.17) is 4.74 Å². The molecule has 0 radical (unpaired) electrons. The highest BCUT2D eigenvalue weighted by atomic mass is 32.1. The van der Waals surface area contributed by atoms with Gasteiger partial charge < -0.3 is 10.1 Å². The molecule has 0 spiro atoms. The lowest BCUT2D eigenvalue weighted by Crippen LogP contribution is -2.53. The number of carbonyl (C=O) groups excluding carboxylic acids is 1. The third-order valence-electron chi connectivity index (χ3n) is 5.40. The Morgan fingerprint density at radius 2 is 1.94 bits per heavy atom. The first-order valence-corrected chi connectivity index (χ1v) is 11.2. The van der Waals surface area contributed by atoms with Crippen LogP contribution in [0.15, 0.2) is 29.3 Å². The predicted octanol–water partition coefficient (Wildman–Crippen LogP) is 5.13. The normalized spacial score (nSPS) is 15.6. The smallest absolute Gasteiger partial charge is 0.389 e. The predicted molar refractivity (Wildman–Crippen MR) is 117 cm³/mol. The molecule has 0 saturated carbocycles. The molecule has 1 aromatic heterocycles. The van der Waals surface area contributed by atoms with Crippen LogP contribution in [0.4, 0.5) is 13.2 Å². The van der Waals surface area contributed by atoms with Gasteiger partial charge in [-0.05, 0) is 51.3 Å². The second-order valence-electron chi connectivity index (χ2n) is 8.76. The number of allylic oxidation sites excluding steroid dienone is 2. The maximum absolute atomic E-state index is 12.8. The number of ether oxygens (including phenoxy) is 1. The average Bonchev–Trinajstić information content (AvgIpc) is 3.11. The number of thiazole rings is 1. The van der Waals surface area contributed by atoms with E-state index in [1.165, 1.54) is 0 Å². The zero-order chi connectivity index (χ0) is 23.4. The molecule has 0 saturated heterocycles. The van der Waals surface area contributed by atoms with Gasteiger partial charge in [-0.3, -0.25) is 10.1 Å². The fourth-order valence-corrected chi connectivity index (χ4v) is 4.22. The van der Waals surface area contributed by atoms with Gasteiger partial charge in [0.2, 0.25) is 5.91 Å². The lowest BCUT2D eigenvalue weighted by atomic mass is 9.79. The van der Waals surface area contributed by atoms with Crippen molar-refractivity contribution in [3.63, 3.8) is 0 Å². The number of nitrogens with zero attached hydrogens (tertiary/aromatic N) is 1. The van der Waals surface area contributed by atoms with Gasteiger partial charge in [-0.15, -0.1) is 11.3 Å². The zero-order valence-electron chi connectivity index (χ0n) is 19.0. The molecular formula is C22H32F3N3O2S. The summed E-state index contributed by atoms with van der Waals surface area (Å²) in [5.74, 6) is -0.0202. The molecule has 1 aliphatic rings. The van der Waals surface area contributed by atoms with Crippen molar-refractivity contribution in [2.75, 3.05) is 13.2 Å². The van der Waals surface area contributed by atoms with Crippen LogP contribution in [0, 0.1) is 6.92 Å². The Hall–Kier alpha value is -1.87. The monoisotopic (exact) mass is 459 g/mol. The SMILES string of the molecule is CCC1=C(C(C)(C)c2cnc(C)s2)C=C(NC(=O)C(C)(C)NCCCC(F)(F)F)OC1. The van der Waals surface area contributed by atoms with Crippen LogP contribution < -0.4 is 10.6 Å². The van der Waals surface area contributed by atoms with E-state index in [2.05, 4.69) is 36.4 Å².